The van der Waals surface area contributed by atoms with E-state index < -0.39 is 0 Å². The number of ether oxygens (including phenoxy) is 1. The van der Waals surface area contributed by atoms with Crippen LogP contribution in [0, 0.1) is 0 Å². The van der Waals surface area contributed by atoms with Crippen molar-refractivity contribution < 1.29 is 4.74 Å². The highest BCUT2D eigenvalue weighted by molar-refractivity contribution is 5.07. The molecule has 0 fully saturated rings. The van der Waals surface area contributed by atoms with Crippen molar-refractivity contribution in [2.45, 2.75) is 6.54 Å². The van der Waals surface area contributed by atoms with Crippen molar-refractivity contribution >= 4 is 0 Å². The summed E-state index contributed by atoms with van der Waals surface area (Å²) in [6.07, 6.45) is 3.59. The van der Waals surface area contributed by atoms with Crippen LogP contribution in [0.3, 0.4) is 0 Å². The lowest BCUT2D eigenvalue weighted by molar-refractivity contribution is 0.198. The van der Waals surface area contributed by atoms with Gasteiger partial charge in [-0.25, -0.2) is 5.32 Å². The maximum absolute atomic E-state index is 4.87. The van der Waals surface area contributed by atoms with E-state index in [1.165, 1.54) is 0 Å². The number of nitrogens with zero attached hydrogens (tertiary/aromatic N) is 2. The van der Waals surface area contributed by atoms with Crippen LogP contribution < -0.4 is 5.32 Å². The van der Waals surface area contributed by atoms with Gasteiger partial charge in [-0.2, -0.15) is 0 Å². The summed E-state index contributed by atoms with van der Waals surface area (Å²) in [5.74, 6) is 0. The number of hydrogen-bond acceptors (Lipinski definition) is 2. The molecule has 1 heterocycles. The molecule has 0 N–H and O–H groups in total. The zero-order valence-electron chi connectivity index (χ0n) is 7.23. The molecule has 1 aromatic rings. The van der Waals surface area contributed by atoms with E-state index in [4.69, 9.17) is 4.74 Å². The van der Waals surface area contributed by atoms with Gasteiger partial charge in [0.25, 0.3) is 0 Å². The summed E-state index contributed by atoms with van der Waals surface area (Å²) in [6, 6.07) is 3.93. The van der Waals surface area contributed by atoms with E-state index >= 15 is 0 Å². The molecule has 0 saturated carbocycles. The average Bonchev–Trinajstić information content (AvgIpc) is 2.14. The molecule has 1 rings (SSSR count). The second kappa shape index (κ2) is 5.69. The summed E-state index contributed by atoms with van der Waals surface area (Å²) < 4.78 is 4.87. The predicted molar refractivity (Wildman–Crippen MR) is 46.8 cm³/mol. The van der Waals surface area contributed by atoms with E-state index in [9.17, 15) is 0 Å². The second-order valence-electron chi connectivity index (χ2n) is 2.46. The van der Waals surface area contributed by atoms with Crippen LogP contribution in [0.4, 0.5) is 0 Å². The number of methoxy groups -OCH3 is 1. The van der Waals surface area contributed by atoms with Crippen LogP contribution >= 0.6 is 0 Å². The van der Waals surface area contributed by atoms with Crippen molar-refractivity contribution in [2.75, 3.05) is 20.3 Å². The lowest BCUT2D eigenvalue weighted by atomic mass is 10.3. The first-order valence-corrected chi connectivity index (χ1v) is 3.94. The van der Waals surface area contributed by atoms with Gasteiger partial charge in [0.1, 0.15) is 0 Å². The van der Waals surface area contributed by atoms with Gasteiger partial charge in [0.2, 0.25) is 0 Å². The number of aromatic nitrogens is 1. The van der Waals surface area contributed by atoms with Gasteiger partial charge in [0, 0.05) is 32.6 Å². The Kier molecular flexibility index (Phi) is 4.34. The molecule has 0 amide bonds. The predicted octanol–water partition coefficient (Wildman–Crippen LogP) is 0.832. The van der Waals surface area contributed by atoms with Crippen molar-refractivity contribution in [2.24, 2.45) is 0 Å². The third-order valence-electron chi connectivity index (χ3n) is 1.47. The lowest BCUT2D eigenvalue weighted by Gasteiger charge is -2.00. The molecule has 0 saturated heterocycles. The molecule has 12 heavy (non-hydrogen) atoms. The molecule has 0 spiro atoms. The summed E-state index contributed by atoms with van der Waals surface area (Å²) in [7, 11) is 1.68. The van der Waals surface area contributed by atoms with Crippen LogP contribution in [0.25, 0.3) is 0 Å². The molecule has 0 atom stereocenters. The molecule has 1 aromatic heterocycles. The molecule has 0 bridgehead atoms. The minimum Gasteiger partial charge on any atom is -0.383 e. The summed E-state index contributed by atoms with van der Waals surface area (Å²) >= 11 is 0. The highest BCUT2D eigenvalue weighted by atomic mass is 16.5. The van der Waals surface area contributed by atoms with E-state index in [1.54, 1.807) is 13.3 Å². The standard InChI is InChI=1S/C9H13N2O/c1-12-6-5-11-8-9-3-2-4-10-7-9/h2-4,7H,5-6,8H2,1H3. The molecule has 1 radical (unpaired) electrons. The Morgan fingerprint density at radius 3 is 3.17 bits per heavy atom. The SMILES string of the molecule is COCC[N]Cc1cccnc1. The van der Waals surface area contributed by atoms with Crippen LogP contribution in [0.5, 0.6) is 0 Å². The van der Waals surface area contributed by atoms with E-state index in [0.29, 0.717) is 6.61 Å². The van der Waals surface area contributed by atoms with E-state index in [0.717, 1.165) is 18.7 Å². The molecular formula is C9H13N2O. The van der Waals surface area contributed by atoms with Gasteiger partial charge in [-0.05, 0) is 11.6 Å². The first kappa shape index (κ1) is 9.16. The normalized spacial score (nSPS) is 10.1. The minimum absolute atomic E-state index is 0.695. The highest BCUT2D eigenvalue weighted by Gasteiger charge is 1.91. The Morgan fingerprint density at radius 1 is 1.58 bits per heavy atom. The van der Waals surface area contributed by atoms with Gasteiger partial charge in [-0.1, -0.05) is 6.07 Å². The summed E-state index contributed by atoms with van der Waals surface area (Å²) in [6.45, 7) is 2.18. The topological polar surface area (TPSA) is 36.2 Å². The molecule has 0 aromatic carbocycles. The Hall–Kier alpha value is -0.930. The Balaban J connectivity index is 2.16. The van der Waals surface area contributed by atoms with Crippen LogP contribution in [0.1, 0.15) is 5.56 Å². The highest BCUT2D eigenvalue weighted by Crippen LogP contribution is 1.94. The fourth-order valence-electron chi connectivity index (χ4n) is 0.856. The van der Waals surface area contributed by atoms with Crippen molar-refractivity contribution in [1.82, 2.24) is 10.3 Å². The maximum Gasteiger partial charge on any atom is 0.0603 e. The average molecular weight is 165 g/mol. The third kappa shape index (κ3) is 3.46. The minimum atomic E-state index is 0.695. The summed E-state index contributed by atoms with van der Waals surface area (Å²) in [4.78, 5) is 3.99. The molecular weight excluding hydrogens is 152 g/mol. The first-order valence-electron chi connectivity index (χ1n) is 3.94. The number of rotatable bonds is 5. The fraction of sp³-hybridized carbons (Fsp3) is 0.444. The van der Waals surface area contributed by atoms with Crippen molar-refractivity contribution in [3.8, 4) is 0 Å². The van der Waals surface area contributed by atoms with Crippen molar-refractivity contribution in [3.05, 3.63) is 30.1 Å². The summed E-state index contributed by atoms with van der Waals surface area (Å²) in [5, 5.41) is 4.27. The largest absolute Gasteiger partial charge is 0.383 e. The van der Waals surface area contributed by atoms with E-state index in [-0.39, 0.29) is 0 Å². The molecule has 0 aliphatic heterocycles. The Labute approximate surface area is 72.8 Å². The van der Waals surface area contributed by atoms with Gasteiger partial charge in [0.05, 0.1) is 6.61 Å². The van der Waals surface area contributed by atoms with Gasteiger partial charge < -0.3 is 4.74 Å². The molecule has 65 valence electrons. The van der Waals surface area contributed by atoms with Crippen LogP contribution in [0.15, 0.2) is 24.5 Å². The molecule has 3 nitrogen and oxygen atoms in total. The first-order chi connectivity index (χ1) is 5.93. The van der Waals surface area contributed by atoms with Crippen LogP contribution in [-0.4, -0.2) is 25.2 Å². The molecule has 0 aliphatic rings. The number of pyridine rings is 1. The van der Waals surface area contributed by atoms with Crippen molar-refractivity contribution in [3.63, 3.8) is 0 Å². The quantitative estimate of drug-likeness (QED) is 0.606. The monoisotopic (exact) mass is 165 g/mol. The number of hydrogen-bond donors (Lipinski definition) is 0. The Morgan fingerprint density at radius 2 is 2.50 bits per heavy atom. The summed E-state index contributed by atoms with van der Waals surface area (Å²) in [5.41, 5.74) is 1.15. The zero-order valence-corrected chi connectivity index (χ0v) is 7.23. The second-order valence-corrected chi connectivity index (χ2v) is 2.46. The van der Waals surface area contributed by atoms with Gasteiger partial charge >= 0.3 is 0 Å². The maximum atomic E-state index is 4.87. The molecule has 0 unspecified atom stereocenters. The van der Waals surface area contributed by atoms with Crippen LogP contribution in [0.2, 0.25) is 0 Å². The van der Waals surface area contributed by atoms with Crippen LogP contribution in [-0.2, 0) is 11.3 Å². The molecule has 0 aliphatic carbocycles. The van der Waals surface area contributed by atoms with E-state index in [2.05, 4.69) is 10.3 Å². The fourth-order valence-corrected chi connectivity index (χ4v) is 0.856. The van der Waals surface area contributed by atoms with Gasteiger partial charge in [-0.3, -0.25) is 4.98 Å². The molecule has 3 heteroatoms. The van der Waals surface area contributed by atoms with E-state index in [1.807, 2.05) is 18.3 Å². The Bertz CT molecular complexity index is 201. The van der Waals surface area contributed by atoms with Gasteiger partial charge in [-0.15, -0.1) is 0 Å². The smallest absolute Gasteiger partial charge is 0.0603 e. The van der Waals surface area contributed by atoms with Gasteiger partial charge in [0.15, 0.2) is 0 Å². The zero-order chi connectivity index (χ0) is 8.65. The lowest BCUT2D eigenvalue weighted by Crippen LogP contribution is -2.11. The third-order valence-corrected chi connectivity index (χ3v) is 1.47. The van der Waals surface area contributed by atoms with Crippen molar-refractivity contribution in [1.29, 1.82) is 0 Å².